The SMILES string of the molecule is Cc1ccc(N(C)c2ccc(/C(N)=N/O)cc2Br)cc1. The Bertz CT molecular complexity index is 638. The van der Waals surface area contributed by atoms with E-state index in [2.05, 4.69) is 57.2 Å². The van der Waals surface area contributed by atoms with Crippen molar-refractivity contribution in [1.82, 2.24) is 0 Å². The fraction of sp³-hybridized carbons (Fsp3) is 0.133. The molecule has 0 saturated heterocycles. The van der Waals surface area contributed by atoms with Crippen LogP contribution in [0.2, 0.25) is 0 Å². The van der Waals surface area contributed by atoms with Gasteiger partial charge in [0.2, 0.25) is 0 Å². The predicted octanol–water partition coefficient (Wildman–Crippen LogP) is 3.62. The van der Waals surface area contributed by atoms with Crippen LogP contribution in [0.25, 0.3) is 0 Å². The number of aryl methyl sites for hydroxylation is 1. The minimum atomic E-state index is 0.0928. The maximum absolute atomic E-state index is 8.70. The van der Waals surface area contributed by atoms with Gasteiger partial charge in [-0.3, -0.25) is 0 Å². The first-order valence-corrected chi connectivity index (χ1v) is 6.90. The maximum Gasteiger partial charge on any atom is 0.170 e. The highest BCUT2D eigenvalue weighted by Crippen LogP contribution is 2.31. The predicted molar refractivity (Wildman–Crippen MR) is 85.9 cm³/mol. The van der Waals surface area contributed by atoms with E-state index in [9.17, 15) is 0 Å². The highest BCUT2D eigenvalue weighted by Gasteiger charge is 2.10. The summed E-state index contributed by atoms with van der Waals surface area (Å²) in [6.07, 6.45) is 0. The summed E-state index contributed by atoms with van der Waals surface area (Å²) in [6, 6.07) is 13.9. The molecule has 0 heterocycles. The molecule has 0 bridgehead atoms. The van der Waals surface area contributed by atoms with Gasteiger partial charge in [-0.2, -0.15) is 0 Å². The third-order valence-corrected chi connectivity index (χ3v) is 3.77. The van der Waals surface area contributed by atoms with E-state index >= 15 is 0 Å². The summed E-state index contributed by atoms with van der Waals surface area (Å²) in [6.45, 7) is 2.06. The molecular weight excluding hydrogens is 318 g/mol. The highest BCUT2D eigenvalue weighted by molar-refractivity contribution is 9.10. The number of hydrogen-bond donors (Lipinski definition) is 2. The van der Waals surface area contributed by atoms with Crippen LogP contribution in [0, 0.1) is 6.92 Å². The van der Waals surface area contributed by atoms with Gasteiger partial charge < -0.3 is 15.8 Å². The topological polar surface area (TPSA) is 61.8 Å². The van der Waals surface area contributed by atoms with Gasteiger partial charge in [-0.1, -0.05) is 22.9 Å². The monoisotopic (exact) mass is 333 g/mol. The van der Waals surface area contributed by atoms with Crippen molar-refractivity contribution in [3.05, 3.63) is 58.1 Å². The zero-order valence-corrected chi connectivity index (χ0v) is 12.9. The molecule has 0 radical (unpaired) electrons. The Morgan fingerprint density at radius 3 is 2.40 bits per heavy atom. The second kappa shape index (κ2) is 5.96. The molecule has 0 unspecified atom stereocenters. The molecule has 0 amide bonds. The van der Waals surface area contributed by atoms with Crippen LogP contribution >= 0.6 is 15.9 Å². The fourth-order valence-electron chi connectivity index (χ4n) is 1.90. The van der Waals surface area contributed by atoms with Crippen LogP contribution in [0.1, 0.15) is 11.1 Å². The lowest BCUT2D eigenvalue weighted by atomic mass is 10.1. The van der Waals surface area contributed by atoms with Crippen LogP contribution in [-0.4, -0.2) is 18.1 Å². The summed E-state index contributed by atoms with van der Waals surface area (Å²) in [7, 11) is 1.99. The van der Waals surface area contributed by atoms with Crippen LogP contribution in [-0.2, 0) is 0 Å². The van der Waals surface area contributed by atoms with E-state index in [4.69, 9.17) is 10.9 Å². The average Bonchev–Trinajstić information content (AvgIpc) is 2.46. The molecule has 0 aliphatic carbocycles. The van der Waals surface area contributed by atoms with E-state index in [1.165, 1.54) is 5.56 Å². The van der Waals surface area contributed by atoms with Crippen molar-refractivity contribution in [1.29, 1.82) is 0 Å². The second-order valence-electron chi connectivity index (χ2n) is 4.55. The smallest absolute Gasteiger partial charge is 0.170 e. The van der Waals surface area contributed by atoms with E-state index in [0.717, 1.165) is 15.8 Å². The molecule has 4 nitrogen and oxygen atoms in total. The summed E-state index contributed by atoms with van der Waals surface area (Å²) in [5.74, 6) is 0.0928. The first-order valence-electron chi connectivity index (χ1n) is 6.11. The van der Waals surface area contributed by atoms with Crippen molar-refractivity contribution in [2.75, 3.05) is 11.9 Å². The highest BCUT2D eigenvalue weighted by atomic mass is 79.9. The number of anilines is 2. The first-order chi connectivity index (χ1) is 9.52. The number of nitrogens with zero attached hydrogens (tertiary/aromatic N) is 2. The first kappa shape index (κ1) is 14.4. The number of rotatable bonds is 3. The van der Waals surface area contributed by atoms with Gasteiger partial charge in [0.05, 0.1) is 5.69 Å². The molecule has 2 aromatic carbocycles. The minimum absolute atomic E-state index is 0.0928. The molecule has 0 aliphatic heterocycles. The molecule has 0 aliphatic rings. The van der Waals surface area contributed by atoms with Crippen LogP contribution in [0.3, 0.4) is 0 Å². The van der Waals surface area contributed by atoms with Gasteiger partial charge in [-0.05, 0) is 53.2 Å². The van der Waals surface area contributed by atoms with Crippen molar-refractivity contribution in [2.45, 2.75) is 6.92 Å². The molecule has 0 saturated carbocycles. The molecule has 20 heavy (non-hydrogen) atoms. The molecule has 0 fully saturated rings. The zero-order chi connectivity index (χ0) is 14.7. The standard InChI is InChI=1S/C15H16BrN3O/c1-10-3-6-12(7-4-10)19(2)14-8-5-11(9-13(14)16)15(17)18-20/h3-9,20H,1-2H3,(H2,17,18). The number of benzene rings is 2. The number of hydrogen-bond acceptors (Lipinski definition) is 3. The fourth-order valence-corrected chi connectivity index (χ4v) is 2.55. The van der Waals surface area contributed by atoms with E-state index in [1.807, 2.05) is 25.2 Å². The minimum Gasteiger partial charge on any atom is -0.409 e. The third kappa shape index (κ3) is 2.93. The number of halogens is 1. The van der Waals surface area contributed by atoms with Crippen LogP contribution < -0.4 is 10.6 Å². The summed E-state index contributed by atoms with van der Waals surface area (Å²) in [5, 5.41) is 11.7. The Kier molecular flexibility index (Phi) is 4.29. The molecule has 0 aromatic heterocycles. The van der Waals surface area contributed by atoms with E-state index in [0.29, 0.717) is 5.56 Å². The third-order valence-electron chi connectivity index (χ3n) is 3.13. The summed E-state index contributed by atoms with van der Waals surface area (Å²) >= 11 is 3.52. The van der Waals surface area contributed by atoms with Crippen molar-refractivity contribution >= 4 is 33.1 Å². The van der Waals surface area contributed by atoms with Gasteiger partial charge in [0, 0.05) is 22.8 Å². The second-order valence-corrected chi connectivity index (χ2v) is 5.40. The summed E-state index contributed by atoms with van der Waals surface area (Å²) < 4.78 is 0.879. The van der Waals surface area contributed by atoms with Crippen molar-refractivity contribution in [3.63, 3.8) is 0 Å². The van der Waals surface area contributed by atoms with Crippen molar-refractivity contribution in [3.8, 4) is 0 Å². The molecule has 5 heteroatoms. The molecule has 0 spiro atoms. The number of oxime groups is 1. The lowest BCUT2D eigenvalue weighted by Gasteiger charge is -2.21. The molecule has 104 valence electrons. The normalized spacial score (nSPS) is 11.4. The Hall–Kier alpha value is -2.01. The quantitative estimate of drug-likeness (QED) is 0.390. The van der Waals surface area contributed by atoms with Crippen molar-refractivity contribution in [2.24, 2.45) is 10.9 Å². The largest absolute Gasteiger partial charge is 0.409 e. The maximum atomic E-state index is 8.70. The van der Waals surface area contributed by atoms with Gasteiger partial charge in [-0.15, -0.1) is 0 Å². The molecule has 3 N–H and O–H groups in total. The van der Waals surface area contributed by atoms with E-state index in [-0.39, 0.29) is 5.84 Å². The van der Waals surface area contributed by atoms with Gasteiger partial charge in [0.15, 0.2) is 5.84 Å². The average molecular weight is 334 g/mol. The van der Waals surface area contributed by atoms with Gasteiger partial charge in [-0.25, -0.2) is 0 Å². The Balaban J connectivity index is 2.35. The van der Waals surface area contributed by atoms with Crippen LogP contribution in [0.5, 0.6) is 0 Å². The Morgan fingerprint density at radius 2 is 1.85 bits per heavy atom. The molecule has 2 aromatic rings. The van der Waals surface area contributed by atoms with E-state index in [1.54, 1.807) is 0 Å². The zero-order valence-electron chi connectivity index (χ0n) is 11.3. The summed E-state index contributed by atoms with van der Waals surface area (Å²) in [4.78, 5) is 2.07. The Labute approximate surface area is 126 Å². The lowest BCUT2D eigenvalue weighted by molar-refractivity contribution is 0.318. The van der Waals surface area contributed by atoms with Gasteiger partial charge in [0.1, 0.15) is 0 Å². The van der Waals surface area contributed by atoms with Crippen LogP contribution in [0.15, 0.2) is 52.1 Å². The van der Waals surface area contributed by atoms with Crippen molar-refractivity contribution < 1.29 is 5.21 Å². The number of nitrogens with two attached hydrogens (primary N) is 1. The van der Waals surface area contributed by atoms with E-state index < -0.39 is 0 Å². The van der Waals surface area contributed by atoms with Crippen LogP contribution in [0.4, 0.5) is 11.4 Å². The number of amidine groups is 1. The summed E-state index contributed by atoms with van der Waals surface area (Å²) in [5.41, 5.74) is 9.57. The Morgan fingerprint density at radius 1 is 1.20 bits per heavy atom. The molecule has 0 atom stereocenters. The molecular formula is C15H16BrN3O. The van der Waals surface area contributed by atoms with Gasteiger partial charge in [0.25, 0.3) is 0 Å². The van der Waals surface area contributed by atoms with Gasteiger partial charge >= 0.3 is 0 Å². The lowest BCUT2D eigenvalue weighted by Crippen LogP contribution is -2.14. The molecule has 2 rings (SSSR count).